The molecule has 0 saturated heterocycles. The van der Waals surface area contributed by atoms with E-state index in [4.69, 9.17) is 0 Å². The molecule has 1 amide bonds. The van der Waals surface area contributed by atoms with E-state index in [0.29, 0.717) is 16.9 Å². The first-order valence-corrected chi connectivity index (χ1v) is 8.35. The van der Waals surface area contributed by atoms with Gasteiger partial charge in [-0.25, -0.2) is 0 Å². The minimum Gasteiger partial charge on any atom is -0.320 e. The fraction of sp³-hybridized carbons (Fsp3) is 0.211. The van der Waals surface area contributed by atoms with Gasteiger partial charge in [0.1, 0.15) is 0 Å². The van der Waals surface area contributed by atoms with Crippen molar-refractivity contribution in [3.8, 4) is 5.69 Å². The molecule has 3 aromatic rings. The number of aromatic nitrogens is 3. The monoisotopic (exact) mass is 365 g/mol. The number of hydrogen-bond donors (Lipinski definition) is 1. The van der Waals surface area contributed by atoms with Crippen molar-refractivity contribution in [3.05, 3.63) is 74.6 Å². The first-order chi connectivity index (χ1) is 12.8. The van der Waals surface area contributed by atoms with Crippen LogP contribution < -0.4 is 5.32 Å². The Morgan fingerprint density at radius 1 is 1.11 bits per heavy atom. The van der Waals surface area contributed by atoms with Crippen LogP contribution in [0.4, 0.5) is 11.4 Å². The average Bonchev–Trinajstić information content (AvgIpc) is 2.98. The van der Waals surface area contributed by atoms with Crippen LogP contribution in [0.1, 0.15) is 32.9 Å². The summed E-state index contributed by atoms with van der Waals surface area (Å²) in [5.74, 6) is -0.466. The van der Waals surface area contributed by atoms with Crippen LogP contribution in [0.2, 0.25) is 0 Å². The lowest BCUT2D eigenvalue weighted by atomic mass is 10.1. The zero-order valence-corrected chi connectivity index (χ0v) is 15.5. The van der Waals surface area contributed by atoms with Gasteiger partial charge < -0.3 is 5.32 Å². The Labute approximate surface area is 156 Å². The molecule has 0 atom stereocenters. The molecule has 0 saturated carbocycles. The van der Waals surface area contributed by atoms with Gasteiger partial charge in [0, 0.05) is 6.07 Å². The number of aryl methyl sites for hydroxylation is 3. The maximum Gasteiger partial charge on any atom is 0.278 e. The maximum absolute atomic E-state index is 12.7. The third-order valence-corrected chi connectivity index (χ3v) is 4.32. The Morgan fingerprint density at radius 2 is 1.85 bits per heavy atom. The van der Waals surface area contributed by atoms with Crippen LogP contribution in [0, 0.1) is 37.8 Å². The summed E-state index contributed by atoms with van der Waals surface area (Å²) in [7, 11) is 0. The van der Waals surface area contributed by atoms with Crippen LogP contribution in [0.15, 0.2) is 36.4 Å². The molecule has 0 radical (unpaired) electrons. The van der Waals surface area contributed by atoms with Crippen LogP contribution in [-0.4, -0.2) is 25.8 Å². The second kappa shape index (κ2) is 6.99. The molecule has 1 aromatic heterocycles. The molecule has 3 rings (SSSR count). The van der Waals surface area contributed by atoms with Gasteiger partial charge in [-0.2, -0.15) is 9.90 Å². The zero-order valence-electron chi connectivity index (χ0n) is 15.5. The Hall–Kier alpha value is -3.55. The molecule has 8 nitrogen and oxygen atoms in total. The Bertz CT molecular complexity index is 1060. The number of rotatable bonds is 4. The summed E-state index contributed by atoms with van der Waals surface area (Å²) in [6.07, 6.45) is 0. The minimum atomic E-state index is -0.479. The van der Waals surface area contributed by atoms with E-state index in [0.717, 1.165) is 16.8 Å². The van der Waals surface area contributed by atoms with Gasteiger partial charge in [-0.3, -0.25) is 14.9 Å². The van der Waals surface area contributed by atoms with Crippen molar-refractivity contribution in [2.24, 2.45) is 0 Å². The molecule has 1 heterocycles. The third kappa shape index (κ3) is 3.55. The molecule has 0 fully saturated rings. The van der Waals surface area contributed by atoms with Gasteiger partial charge in [-0.15, -0.1) is 5.10 Å². The average molecular weight is 365 g/mol. The maximum atomic E-state index is 12.7. The van der Waals surface area contributed by atoms with Crippen molar-refractivity contribution < 1.29 is 9.72 Å². The highest BCUT2D eigenvalue weighted by atomic mass is 16.6. The van der Waals surface area contributed by atoms with Gasteiger partial charge in [-0.1, -0.05) is 23.8 Å². The lowest BCUT2D eigenvalue weighted by Crippen LogP contribution is -2.15. The van der Waals surface area contributed by atoms with Crippen LogP contribution in [0.5, 0.6) is 0 Å². The van der Waals surface area contributed by atoms with E-state index in [1.807, 2.05) is 32.0 Å². The fourth-order valence-corrected chi connectivity index (χ4v) is 2.86. The first kappa shape index (κ1) is 18.2. The molecule has 0 aliphatic carbocycles. The number of carbonyl (C=O) groups excluding carboxylic acids is 1. The number of benzene rings is 2. The highest BCUT2D eigenvalue weighted by Gasteiger charge is 2.20. The molecular weight excluding hydrogens is 346 g/mol. The summed E-state index contributed by atoms with van der Waals surface area (Å²) in [6.45, 7) is 7.24. The third-order valence-electron chi connectivity index (χ3n) is 4.32. The number of hydrogen-bond acceptors (Lipinski definition) is 5. The van der Waals surface area contributed by atoms with Crippen LogP contribution >= 0.6 is 0 Å². The van der Waals surface area contributed by atoms with E-state index in [9.17, 15) is 14.9 Å². The summed E-state index contributed by atoms with van der Waals surface area (Å²) in [5, 5.41) is 22.4. The second-order valence-corrected chi connectivity index (χ2v) is 6.37. The number of nitro benzene ring substituents is 1. The molecule has 2 aromatic carbocycles. The van der Waals surface area contributed by atoms with Gasteiger partial charge in [0.25, 0.3) is 11.6 Å². The lowest BCUT2D eigenvalue weighted by Gasteiger charge is -2.07. The number of amides is 1. The SMILES string of the molecule is Cc1ccc(-n2nc(C)c(C(=O)Nc3cccc([N+](=O)[O-])c3C)n2)c(C)c1. The molecule has 0 unspecified atom stereocenters. The van der Waals surface area contributed by atoms with Crippen LogP contribution in [0.3, 0.4) is 0 Å². The van der Waals surface area contributed by atoms with Gasteiger partial charge in [0.15, 0.2) is 5.69 Å². The summed E-state index contributed by atoms with van der Waals surface area (Å²) >= 11 is 0. The van der Waals surface area contributed by atoms with E-state index in [1.54, 1.807) is 19.9 Å². The molecule has 0 spiro atoms. The molecule has 0 bridgehead atoms. The van der Waals surface area contributed by atoms with E-state index >= 15 is 0 Å². The molecule has 138 valence electrons. The van der Waals surface area contributed by atoms with Crippen LogP contribution in [-0.2, 0) is 0 Å². The largest absolute Gasteiger partial charge is 0.320 e. The lowest BCUT2D eigenvalue weighted by molar-refractivity contribution is -0.385. The summed E-state index contributed by atoms with van der Waals surface area (Å²) in [4.78, 5) is 24.7. The van der Waals surface area contributed by atoms with Crippen LogP contribution in [0.25, 0.3) is 5.69 Å². The molecular formula is C19H19N5O3. The normalized spacial score (nSPS) is 10.7. The number of nitrogens with zero attached hydrogens (tertiary/aromatic N) is 4. The fourth-order valence-electron chi connectivity index (χ4n) is 2.86. The number of nitro groups is 1. The number of nitrogens with one attached hydrogen (secondary N) is 1. The van der Waals surface area contributed by atoms with Gasteiger partial charge in [0.2, 0.25) is 0 Å². The highest BCUT2D eigenvalue weighted by Crippen LogP contribution is 2.25. The molecule has 8 heteroatoms. The molecule has 0 aliphatic rings. The van der Waals surface area contributed by atoms with Gasteiger partial charge in [-0.05, 0) is 45.4 Å². The van der Waals surface area contributed by atoms with Crippen molar-refractivity contribution in [2.75, 3.05) is 5.32 Å². The van der Waals surface area contributed by atoms with E-state index in [-0.39, 0.29) is 11.4 Å². The summed E-state index contributed by atoms with van der Waals surface area (Å²) in [6, 6.07) is 10.4. The first-order valence-electron chi connectivity index (χ1n) is 8.35. The molecule has 1 N–H and O–H groups in total. The molecule has 0 aliphatic heterocycles. The smallest absolute Gasteiger partial charge is 0.278 e. The number of anilines is 1. The quantitative estimate of drug-likeness (QED) is 0.561. The molecule has 27 heavy (non-hydrogen) atoms. The van der Waals surface area contributed by atoms with Crippen molar-refractivity contribution in [2.45, 2.75) is 27.7 Å². The van der Waals surface area contributed by atoms with Crippen molar-refractivity contribution in [3.63, 3.8) is 0 Å². The zero-order chi connectivity index (χ0) is 19.7. The minimum absolute atomic E-state index is 0.0524. The summed E-state index contributed by atoms with van der Waals surface area (Å²) in [5.41, 5.74) is 4.24. The Balaban J connectivity index is 1.92. The predicted octanol–water partition coefficient (Wildman–Crippen LogP) is 3.66. The second-order valence-electron chi connectivity index (χ2n) is 6.37. The van der Waals surface area contributed by atoms with Crippen molar-refractivity contribution in [1.82, 2.24) is 15.0 Å². The Morgan fingerprint density at radius 3 is 2.52 bits per heavy atom. The topological polar surface area (TPSA) is 103 Å². The van der Waals surface area contributed by atoms with E-state index in [2.05, 4.69) is 15.5 Å². The summed E-state index contributed by atoms with van der Waals surface area (Å²) < 4.78 is 0. The van der Waals surface area contributed by atoms with E-state index < -0.39 is 10.8 Å². The highest BCUT2D eigenvalue weighted by molar-refractivity contribution is 6.04. The number of carbonyl (C=O) groups is 1. The van der Waals surface area contributed by atoms with Crippen molar-refractivity contribution in [1.29, 1.82) is 0 Å². The Kier molecular flexibility index (Phi) is 4.72. The predicted molar refractivity (Wildman–Crippen MR) is 101 cm³/mol. The van der Waals surface area contributed by atoms with Gasteiger partial charge in [0.05, 0.1) is 27.6 Å². The standard InChI is InChI=1S/C19H19N5O3/c1-11-8-9-16(12(2)10-11)23-21-14(4)18(22-23)19(25)20-15-6-5-7-17(13(15)3)24(26)27/h5-10H,1-4H3,(H,20,25). The van der Waals surface area contributed by atoms with Crippen molar-refractivity contribution >= 4 is 17.3 Å². The van der Waals surface area contributed by atoms with E-state index in [1.165, 1.54) is 16.9 Å². The van der Waals surface area contributed by atoms with Gasteiger partial charge >= 0.3 is 0 Å².